The minimum absolute atomic E-state index is 0.140. The summed E-state index contributed by atoms with van der Waals surface area (Å²) in [6.45, 7) is 1.52. The van der Waals surface area contributed by atoms with E-state index in [1.807, 2.05) is 40.9 Å². The number of piperidine rings is 1. The summed E-state index contributed by atoms with van der Waals surface area (Å²) in [5.41, 5.74) is 1.67. The second-order valence-corrected chi connectivity index (χ2v) is 7.05. The van der Waals surface area contributed by atoms with Gasteiger partial charge in [0, 0.05) is 35.7 Å². The van der Waals surface area contributed by atoms with Crippen molar-refractivity contribution in [3.05, 3.63) is 63.0 Å². The highest BCUT2D eigenvalue weighted by Gasteiger charge is 2.28. The summed E-state index contributed by atoms with van der Waals surface area (Å²) in [6, 6.07) is 11.1. The monoisotopic (exact) mass is 401 g/mol. The Kier molecular flexibility index (Phi) is 4.12. The van der Waals surface area contributed by atoms with Gasteiger partial charge < -0.3 is 4.90 Å². The summed E-state index contributed by atoms with van der Waals surface area (Å²) in [5, 5.41) is 19.9. The first-order valence-electron chi connectivity index (χ1n) is 8.12. The molecule has 0 aliphatic carbocycles. The second-order valence-electron chi connectivity index (χ2n) is 6.14. The zero-order valence-electron chi connectivity index (χ0n) is 13.4. The van der Waals surface area contributed by atoms with E-state index in [0.29, 0.717) is 16.1 Å². The van der Waals surface area contributed by atoms with Gasteiger partial charge in [0.15, 0.2) is 5.65 Å². The summed E-state index contributed by atoms with van der Waals surface area (Å²) in [4.78, 5) is 13.1. The second kappa shape index (κ2) is 6.44. The standard InChI is InChI=1S/C17H16BrN5O2/c18-13-4-5-14(15(11-13)23(24)25)21-9-6-12(7-10-21)17-20-19-16-3-1-2-8-22(16)17/h1-5,8,11-12H,6-7,9-10H2. The number of anilines is 1. The van der Waals surface area contributed by atoms with Crippen LogP contribution in [0.1, 0.15) is 24.6 Å². The molecule has 3 aromatic rings. The Bertz CT molecular complexity index is 934. The van der Waals surface area contributed by atoms with Crippen molar-refractivity contribution in [2.24, 2.45) is 0 Å². The third kappa shape index (κ3) is 2.97. The van der Waals surface area contributed by atoms with Crippen LogP contribution in [0, 0.1) is 10.1 Å². The van der Waals surface area contributed by atoms with E-state index in [4.69, 9.17) is 0 Å². The van der Waals surface area contributed by atoms with E-state index in [1.165, 1.54) is 0 Å². The molecule has 3 heterocycles. The molecule has 0 bridgehead atoms. The number of hydrogen-bond acceptors (Lipinski definition) is 5. The zero-order valence-corrected chi connectivity index (χ0v) is 15.0. The molecule has 8 heteroatoms. The van der Waals surface area contributed by atoms with E-state index in [0.717, 1.165) is 37.4 Å². The lowest BCUT2D eigenvalue weighted by Gasteiger charge is -2.32. The van der Waals surface area contributed by atoms with Gasteiger partial charge in [-0.05, 0) is 37.1 Å². The van der Waals surface area contributed by atoms with Gasteiger partial charge in [0.1, 0.15) is 11.5 Å². The number of nitro benzene ring substituents is 1. The average molecular weight is 402 g/mol. The molecule has 128 valence electrons. The number of halogens is 1. The molecule has 1 aliphatic rings. The van der Waals surface area contributed by atoms with Gasteiger partial charge in [0.25, 0.3) is 5.69 Å². The summed E-state index contributed by atoms with van der Waals surface area (Å²) < 4.78 is 2.75. The maximum Gasteiger partial charge on any atom is 0.293 e. The number of benzene rings is 1. The van der Waals surface area contributed by atoms with Crippen LogP contribution in [-0.2, 0) is 0 Å². The van der Waals surface area contributed by atoms with Gasteiger partial charge in [-0.3, -0.25) is 14.5 Å². The predicted octanol–water partition coefficient (Wildman–Crippen LogP) is 3.78. The Labute approximate surface area is 152 Å². The topological polar surface area (TPSA) is 76.6 Å². The SMILES string of the molecule is O=[N+]([O-])c1cc(Br)ccc1N1CCC(c2nnc3ccccn23)CC1. The molecule has 2 aromatic heterocycles. The lowest BCUT2D eigenvalue weighted by Crippen LogP contribution is -2.33. The molecule has 0 N–H and O–H groups in total. The van der Waals surface area contributed by atoms with Crippen LogP contribution in [0.2, 0.25) is 0 Å². The van der Waals surface area contributed by atoms with Gasteiger partial charge in [-0.1, -0.05) is 22.0 Å². The largest absolute Gasteiger partial charge is 0.366 e. The Morgan fingerprint density at radius 2 is 1.96 bits per heavy atom. The molecular weight excluding hydrogens is 386 g/mol. The zero-order chi connectivity index (χ0) is 17.4. The van der Waals surface area contributed by atoms with Crippen LogP contribution in [0.3, 0.4) is 0 Å². The van der Waals surface area contributed by atoms with E-state index >= 15 is 0 Å². The van der Waals surface area contributed by atoms with Crippen LogP contribution in [0.25, 0.3) is 5.65 Å². The Balaban J connectivity index is 1.55. The van der Waals surface area contributed by atoms with Gasteiger partial charge in [-0.15, -0.1) is 10.2 Å². The van der Waals surface area contributed by atoms with Crippen LogP contribution in [0.4, 0.5) is 11.4 Å². The van der Waals surface area contributed by atoms with Crippen molar-refractivity contribution in [3.63, 3.8) is 0 Å². The van der Waals surface area contributed by atoms with Gasteiger partial charge in [-0.25, -0.2) is 0 Å². The first kappa shape index (κ1) is 16.0. The van der Waals surface area contributed by atoms with Gasteiger partial charge in [0.2, 0.25) is 0 Å². The fourth-order valence-corrected chi connectivity index (χ4v) is 3.78. The highest BCUT2D eigenvalue weighted by Crippen LogP contribution is 2.35. The summed E-state index contributed by atoms with van der Waals surface area (Å²) in [5.74, 6) is 1.28. The van der Waals surface area contributed by atoms with Crippen molar-refractivity contribution in [2.45, 2.75) is 18.8 Å². The van der Waals surface area contributed by atoms with E-state index in [-0.39, 0.29) is 10.6 Å². The summed E-state index contributed by atoms with van der Waals surface area (Å²) in [6.07, 6.45) is 3.77. The smallest absolute Gasteiger partial charge is 0.293 e. The van der Waals surface area contributed by atoms with Gasteiger partial charge in [-0.2, -0.15) is 0 Å². The number of fused-ring (bicyclic) bond motifs is 1. The van der Waals surface area contributed by atoms with Crippen molar-refractivity contribution in [1.29, 1.82) is 0 Å². The van der Waals surface area contributed by atoms with Gasteiger partial charge in [0.05, 0.1) is 4.92 Å². The normalized spacial score (nSPS) is 15.6. The quantitative estimate of drug-likeness (QED) is 0.492. The first-order chi connectivity index (χ1) is 12.1. The number of pyridine rings is 1. The number of nitrogens with zero attached hydrogens (tertiary/aromatic N) is 5. The van der Waals surface area contributed by atoms with Crippen molar-refractivity contribution in [3.8, 4) is 0 Å². The van der Waals surface area contributed by atoms with Crippen LogP contribution < -0.4 is 4.90 Å². The number of aromatic nitrogens is 3. The molecule has 0 spiro atoms. The molecule has 1 aliphatic heterocycles. The van der Waals surface area contributed by atoms with Crippen LogP contribution in [0.5, 0.6) is 0 Å². The van der Waals surface area contributed by atoms with Crippen LogP contribution in [0.15, 0.2) is 47.1 Å². The highest BCUT2D eigenvalue weighted by atomic mass is 79.9. The molecule has 7 nitrogen and oxygen atoms in total. The highest BCUT2D eigenvalue weighted by molar-refractivity contribution is 9.10. The number of rotatable bonds is 3. The molecule has 1 fully saturated rings. The van der Waals surface area contributed by atoms with Crippen LogP contribution in [-0.4, -0.2) is 32.6 Å². The first-order valence-corrected chi connectivity index (χ1v) is 8.91. The average Bonchev–Trinajstić information content (AvgIpc) is 3.06. The fourth-order valence-electron chi connectivity index (χ4n) is 3.43. The molecule has 1 saturated heterocycles. The van der Waals surface area contributed by atoms with E-state index in [9.17, 15) is 10.1 Å². The van der Waals surface area contributed by atoms with Crippen molar-refractivity contribution < 1.29 is 4.92 Å². The number of nitro groups is 1. The minimum Gasteiger partial charge on any atom is -0.366 e. The molecule has 0 amide bonds. The molecular formula is C17H16BrN5O2. The molecule has 4 rings (SSSR count). The maximum atomic E-state index is 11.4. The van der Waals surface area contributed by atoms with Crippen molar-refractivity contribution in [2.75, 3.05) is 18.0 Å². The minimum atomic E-state index is -0.321. The third-order valence-electron chi connectivity index (χ3n) is 4.68. The summed E-state index contributed by atoms with van der Waals surface area (Å²) >= 11 is 3.31. The van der Waals surface area contributed by atoms with E-state index in [1.54, 1.807) is 6.07 Å². The molecule has 0 saturated carbocycles. The van der Waals surface area contributed by atoms with Gasteiger partial charge >= 0.3 is 0 Å². The van der Waals surface area contributed by atoms with E-state index in [2.05, 4.69) is 31.0 Å². The number of hydrogen-bond donors (Lipinski definition) is 0. The Hall–Kier alpha value is -2.48. The molecule has 25 heavy (non-hydrogen) atoms. The molecule has 0 unspecified atom stereocenters. The van der Waals surface area contributed by atoms with E-state index < -0.39 is 0 Å². The molecule has 1 aromatic carbocycles. The Morgan fingerprint density at radius 3 is 2.72 bits per heavy atom. The lowest BCUT2D eigenvalue weighted by molar-refractivity contribution is -0.384. The fraction of sp³-hybridized carbons (Fsp3) is 0.294. The lowest BCUT2D eigenvalue weighted by atomic mass is 9.95. The van der Waals surface area contributed by atoms with Crippen molar-refractivity contribution >= 4 is 33.0 Å². The third-order valence-corrected chi connectivity index (χ3v) is 5.17. The maximum absolute atomic E-state index is 11.4. The predicted molar refractivity (Wildman–Crippen MR) is 98.0 cm³/mol. The Morgan fingerprint density at radius 1 is 1.16 bits per heavy atom. The molecule has 0 atom stereocenters. The van der Waals surface area contributed by atoms with Crippen molar-refractivity contribution in [1.82, 2.24) is 14.6 Å². The summed E-state index contributed by atoms with van der Waals surface area (Å²) in [7, 11) is 0. The van der Waals surface area contributed by atoms with Crippen LogP contribution >= 0.6 is 15.9 Å². The molecule has 0 radical (unpaired) electrons.